The number of likely N-dealkylation sites (N-methyl/N-ethyl adjacent to an activating group) is 1. The molecule has 1 aliphatic heterocycles. The number of piperazine rings is 1. The largest absolute Gasteiger partial charge is 0.444 e. The van der Waals surface area contributed by atoms with Crippen LogP contribution in [-0.2, 0) is 0 Å². The molecule has 1 fully saturated rings. The van der Waals surface area contributed by atoms with E-state index in [4.69, 9.17) is 4.42 Å². The summed E-state index contributed by atoms with van der Waals surface area (Å²) in [5, 5.41) is 3.05. The average Bonchev–Trinajstić information content (AvgIpc) is 3.04. The van der Waals surface area contributed by atoms with E-state index in [-0.39, 0.29) is 11.9 Å². The fourth-order valence-electron chi connectivity index (χ4n) is 3.36. The van der Waals surface area contributed by atoms with Gasteiger partial charge in [-0.2, -0.15) is 0 Å². The van der Waals surface area contributed by atoms with Gasteiger partial charge >= 0.3 is 0 Å². The molecule has 0 aliphatic carbocycles. The molecule has 1 aromatic heterocycles. The number of rotatable bonds is 5. The van der Waals surface area contributed by atoms with Crippen molar-refractivity contribution < 1.29 is 19.0 Å². The number of hydrogen-bond donors (Lipinski definition) is 3. The zero-order valence-electron chi connectivity index (χ0n) is 14.8. The third-order valence-electron chi connectivity index (χ3n) is 4.98. The molecule has 1 saturated heterocycles. The van der Waals surface area contributed by atoms with Crippen LogP contribution in [0, 0.1) is 6.92 Å². The van der Waals surface area contributed by atoms with Gasteiger partial charge in [-0.1, -0.05) is 29.8 Å². The third-order valence-corrected chi connectivity index (χ3v) is 5.41. The summed E-state index contributed by atoms with van der Waals surface area (Å²) < 4.78 is 5.92. The number of aryl methyl sites for hydroxylation is 1. The molecule has 3 N–H and O–H groups in total. The first-order valence-corrected chi connectivity index (χ1v) is 9.58. The van der Waals surface area contributed by atoms with Gasteiger partial charge in [-0.3, -0.25) is 4.79 Å². The third kappa shape index (κ3) is 4.71. The molecule has 0 radical (unpaired) electrons. The molecule has 5 nitrogen and oxygen atoms in total. The number of benzene rings is 1. The minimum atomic E-state index is -0.165. The molecular formula is C19H26BrN3O2+2. The van der Waals surface area contributed by atoms with Gasteiger partial charge in [0, 0.05) is 5.56 Å². The second-order valence-corrected chi connectivity index (χ2v) is 7.67. The SMILES string of the molecule is Cc1ccc([C@H](CNC(=O)c2ccc(Br)o2)[NH+]2CC[NH+](C)CC2)cc1. The van der Waals surface area contributed by atoms with Crippen molar-refractivity contribution in [1.82, 2.24) is 5.32 Å². The maximum absolute atomic E-state index is 12.3. The summed E-state index contributed by atoms with van der Waals surface area (Å²) in [6.07, 6.45) is 0. The molecule has 2 heterocycles. The molecule has 0 unspecified atom stereocenters. The molecule has 3 rings (SSSR count). The van der Waals surface area contributed by atoms with E-state index in [1.165, 1.54) is 16.0 Å². The maximum Gasteiger partial charge on any atom is 0.287 e. The highest BCUT2D eigenvalue weighted by Crippen LogP contribution is 2.15. The number of carbonyl (C=O) groups excluding carboxylic acids is 1. The van der Waals surface area contributed by atoms with Gasteiger partial charge < -0.3 is 19.5 Å². The van der Waals surface area contributed by atoms with Crippen LogP contribution in [-0.4, -0.2) is 45.7 Å². The van der Waals surface area contributed by atoms with Crippen molar-refractivity contribution in [2.75, 3.05) is 39.8 Å². The van der Waals surface area contributed by atoms with Crippen molar-refractivity contribution in [3.05, 3.63) is 58.0 Å². The van der Waals surface area contributed by atoms with Gasteiger partial charge in [-0.25, -0.2) is 0 Å². The highest BCUT2D eigenvalue weighted by molar-refractivity contribution is 9.10. The number of quaternary nitrogens is 2. The van der Waals surface area contributed by atoms with E-state index >= 15 is 0 Å². The summed E-state index contributed by atoms with van der Waals surface area (Å²) in [6, 6.07) is 12.4. The van der Waals surface area contributed by atoms with Gasteiger partial charge in [-0.05, 0) is 35.0 Å². The van der Waals surface area contributed by atoms with Gasteiger partial charge in [0.1, 0.15) is 32.2 Å². The zero-order chi connectivity index (χ0) is 17.8. The van der Waals surface area contributed by atoms with Crippen LogP contribution in [0.1, 0.15) is 27.7 Å². The molecule has 25 heavy (non-hydrogen) atoms. The molecule has 1 amide bonds. The predicted octanol–water partition coefficient (Wildman–Crippen LogP) is 0.235. The molecule has 6 heteroatoms. The first kappa shape index (κ1) is 18.2. The van der Waals surface area contributed by atoms with Crippen LogP contribution in [0.25, 0.3) is 0 Å². The van der Waals surface area contributed by atoms with E-state index in [1.54, 1.807) is 17.0 Å². The molecule has 1 atom stereocenters. The van der Waals surface area contributed by atoms with E-state index in [2.05, 4.69) is 59.5 Å². The summed E-state index contributed by atoms with van der Waals surface area (Å²) >= 11 is 3.24. The number of carbonyl (C=O) groups is 1. The lowest BCUT2D eigenvalue weighted by Crippen LogP contribution is -3.27. The fourth-order valence-corrected chi connectivity index (χ4v) is 3.67. The van der Waals surface area contributed by atoms with Crippen LogP contribution in [0.3, 0.4) is 0 Å². The van der Waals surface area contributed by atoms with Gasteiger partial charge in [0.15, 0.2) is 10.4 Å². The van der Waals surface area contributed by atoms with Gasteiger partial charge in [0.05, 0.1) is 13.6 Å². The van der Waals surface area contributed by atoms with Crippen molar-refractivity contribution in [1.29, 1.82) is 0 Å². The summed E-state index contributed by atoms with van der Waals surface area (Å²) in [6.45, 7) is 7.27. The van der Waals surface area contributed by atoms with Crippen LogP contribution in [0.5, 0.6) is 0 Å². The van der Waals surface area contributed by atoms with E-state index in [0.29, 0.717) is 17.0 Å². The molecule has 0 saturated carbocycles. The fraction of sp³-hybridized carbons (Fsp3) is 0.421. The Morgan fingerprint density at radius 3 is 2.44 bits per heavy atom. The highest BCUT2D eigenvalue weighted by atomic mass is 79.9. The summed E-state index contributed by atoms with van der Waals surface area (Å²) in [4.78, 5) is 15.5. The van der Waals surface area contributed by atoms with E-state index in [0.717, 1.165) is 26.2 Å². The summed E-state index contributed by atoms with van der Waals surface area (Å²) in [7, 11) is 2.24. The van der Waals surface area contributed by atoms with Crippen molar-refractivity contribution in [2.24, 2.45) is 0 Å². The lowest BCUT2D eigenvalue weighted by Gasteiger charge is -2.33. The van der Waals surface area contributed by atoms with Crippen LogP contribution < -0.4 is 15.1 Å². The summed E-state index contributed by atoms with van der Waals surface area (Å²) in [5.74, 6) is 0.175. The highest BCUT2D eigenvalue weighted by Gasteiger charge is 2.29. The van der Waals surface area contributed by atoms with E-state index in [1.807, 2.05) is 0 Å². The average molecular weight is 408 g/mol. The van der Waals surface area contributed by atoms with E-state index in [9.17, 15) is 4.79 Å². The van der Waals surface area contributed by atoms with Crippen LogP contribution in [0.15, 0.2) is 45.5 Å². The smallest absolute Gasteiger partial charge is 0.287 e. The number of amides is 1. The lowest BCUT2D eigenvalue weighted by molar-refractivity contribution is -1.02. The molecule has 134 valence electrons. The molecular weight excluding hydrogens is 382 g/mol. The number of hydrogen-bond acceptors (Lipinski definition) is 2. The first-order chi connectivity index (χ1) is 12.0. The minimum absolute atomic E-state index is 0.165. The summed E-state index contributed by atoms with van der Waals surface area (Å²) in [5.41, 5.74) is 2.53. The Hall–Kier alpha value is -1.63. The Morgan fingerprint density at radius 1 is 1.16 bits per heavy atom. The van der Waals surface area contributed by atoms with Gasteiger partial charge in [0.25, 0.3) is 5.91 Å². The Bertz CT molecular complexity index is 706. The van der Waals surface area contributed by atoms with Crippen LogP contribution >= 0.6 is 15.9 Å². The molecule has 1 aromatic carbocycles. The lowest BCUT2D eigenvalue weighted by atomic mass is 10.0. The Labute approximate surface area is 157 Å². The topological polar surface area (TPSA) is 51.1 Å². The quantitative estimate of drug-likeness (QED) is 0.664. The second-order valence-electron chi connectivity index (χ2n) is 6.89. The number of furan rings is 1. The molecule has 0 spiro atoms. The van der Waals surface area contributed by atoms with E-state index < -0.39 is 0 Å². The number of halogens is 1. The monoisotopic (exact) mass is 407 g/mol. The molecule has 0 bridgehead atoms. The predicted molar refractivity (Wildman–Crippen MR) is 100.0 cm³/mol. The Kier molecular flexibility index (Phi) is 5.93. The normalized spacial score (nSPS) is 21.7. The first-order valence-electron chi connectivity index (χ1n) is 8.79. The van der Waals surface area contributed by atoms with Crippen LogP contribution in [0.2, 0.25) is 0 Å². The Balaban J connectivity index is 1.71. The van der Waals surface area contributed by atoms with Gasteiger partial charge in [-0.15, -0.1) is 0 Å². The standard InChI is InChI=1S/C19H24BrN3O2/c1-14-3-5-15(6-4-14)16(23-11-9-22(2)10-12-23)13-21-19(24)17-7-8-18(20)25-17/h3-8,16H,9-13H2,1-2H3,(H,21,24)/p+2/t16-/m0/s1. The zero-order valence-corrected chi connectivity index (χ0v) is 16.4. The van der Waals surface area contributed by atoms with Crippen molar-refractivity contribution in [2.45, 2.75) is 13.0 Å². The van der Waals surface area contributed by atoms with Crippen molar-refractivity contribution >= 4 is 21.8 Å². The molecule has 1 aliphatic rings. The maximum atomic E-state index is 12.3. The van der Waals surface area contributed by atoms with Crippen molar-refractivity contribution in [3.63, 3.8) is 0 Å². The minimum Gasteiger partial charge on any atom is -0.444 e. The molecule has 2 aromatic rings. The van der Waals surface area contributed by atoms with Crippen molar-refractivity contribution in [3.8, 4) is 0 Å². The Morgan fingerprint density at radius 2 is 1.84 bits per heavy atom. The number of nitrogens with one attached hydrogen (secondary N) is 3. The van der Waals surface area contributed by atoms with Gasteiger partial charge in [0.2, 0.25) is 0 Å². The second kappa shape index (κ2) is 8.17. The van der Waals surface area contributed by atoms with Crippen LogP contribution in [0.4, 0.5) is 0 Å².